The van der Waals surface area contributed by atoms with E-state index in [-0.39, 0.29) is 0 Å². The molecule has 0 heterocycles. The highest BCUT2D eigenvalue weighted by Crippen LogP contribution is 2.38. The summed E-state index contributed by atoms with van der Waals surface area (Å²) in [6.07, 6.45) is 0. The molecule has 23 heavy (non-hydrogen) atoms. The zero-order chi connectivity index (χ0) is 15.5. The maximum absolute atomic E-state index is 3.10. The van der Waals surface area contributed by atoms with Crippen molar-refractivity contribution in [2.45, 2.75) is 0 Å². The molecule has 0 aliphatic carbocycles. The lowest BCUT2D eigenvalue weighted by Gasteiger charge is -2.26. The molecule has 0 bridgehead atoms. The van der Waals surface area contributed by atoms with E-state index in [1.54, 1.807) is 0 Å². The number of para-hydroxylation sites is 1. The minimum Gasteiger partial charge on any atom is -0.310 e. The Morgan fingerprint density at radius 3 is 2.04 bits per heavy atom. The van der Waals surface area contributed by atoms with Crippen LogP contribution in [0.15, 0.2) is 97.1 Å². The van der Waals surface area contributed by atoms with Crippen molar-refractivity contribution >= 4 is 27.8 Å². The van der Waals surface area contributed by atoms with Crippen LogP contribution in [-0.4, -0.2) is 0 Å². The molecule has 0 N–H and O–H groups in total. The summed E-state index contributed by atoms with van der Waals surface area (Å²) in [5, 5.41) is 2.49. The summed E-state index contributed by atoms with van der Waals surface area (Å²) in [5.41, 5.74) is 3.46. The first-order chi connectivity index (χ1) is 11.4. The standard InChI is InChI=1S/C22H16N/c1-3-12-19(13-4-1)23(20-14-5-2-6-15-20)22-17-9-11-18-10-7-8-16-21(18)22/h1,3-17H. The first kappa shape index (κ1) is 13.6. The van der Waals surface area contributed by atoms with E-state index in [2.05, 4.69) is 89.8 Å². The molecule has 0 aliphatic rings. The number of nitrogens with zero attached hydrogens (tertiary/aromatic N) is 1. The fraction of sp³-hybridized carbons (Fsp3) is 0. The molecule has 0 saturated carbocycles. The van der Waals surface area contributed by atoms with Gasteiger partial charge in [0.05, 0.1) is 5.69 Å². The van der Waals surface area contributed by atoms with Crippen LogP contribution in [0.2, 0.25) is 0 Å². The Labute approximate surface area is 136 Å². The van der Waals surface area contributed by atoms with E-state index in [0.29, 0.717) is 0 Å². The highest BCUT2D eigenvalue weighted by Gasteiger charge is 2.13. The van der Waals surface area contributed by atoms with Crippen LogP contribution in [0.3, 0.4) is 0 Å². The Morgan fingerprint density at radius 1 is 0.565 bits per heavy atom. The molecule has 0 spiro atoms. The van der Waals surface area contributed by atoms with Gasteiger partial charge in [0.2, 0.25) is 0 Å². The lowest BCUT2D eigenvalue weighted by atomic mass is 10.1. The molecule has 0 aromatic heterocycles. The molecule has 0 aliphatic heterocycles. The van der Waals surface area contributed by atoms with Gasteiger partial charge in [0.1, 0.15) is 0 Å². The second kappa shape index (κ2) is 5.98. The Hall–Kier alpha value is -3.06. The summed E-state index contributed by atoms with van der Waals surface area (Å²) < 4.78 is 0. The predicted molar refractivity (Wildman–Crippen MR) is 97.5 cm³/mol. The molecule has 1 radical (unpaired) electrons. The topological polar surface area (TPSA) is 3.24 Å². The number of anilines is 3. The van der Waals surface area contributed by atoms with Crippen molar-refractivity contribution in [1.82, 2.24) is 0 Å². The normalized spacial score (nSPS) is 10.6. The van der Waals surface area contributed by atoms with Gasteiger partial charge in [-0.2, -0.15) is 0 Å². The third-order valence-electron chi connectivity index (χ3n) is 3.98. The molecule has 4 aromatic rings. The minimum atomic E-state index is 1.13. The van der Waals surface area contributed by atoms with E-state index in [4.69, 9.17) is 0 Å². The van der Waals surface area contributed by atoms with Gasteiger partial charge in [-0.05, 0) is 41.8 Å². The molecule has 1 heteroatoms. The Morgan fingerprint density at radius 2 is 1.22 bits per heavy atom. The van der Waals surface area contributed by atoms with Crippen molar-refractivity contribution in [2.24, 2.45) is 0 Å². The smallest absolute Gasteiger partial charge is 0.0540 e. The molecule has 0 saturated heterocycles. The molecule has 0 amide bonds. The van der Waals surface area contributed by atoms with Crippen molar-refractivity contribution in [3.05, 3.63) is 103 Å². The number of benzene rings is 4. The zero-order valence-corrected chi connectivity index (χ0v) is 12.7. The van der Waals surface area contributed by atoms with Crippen molar-refractivity contribution in [2.75, 3.05) is 4.90 Å². The molecular formula is C22H16N. The van der Waals surface area contributed by atoms with Crippen LogP contribution in [-0.2, 0) is 0 Å². The Balaban J connectivity index is 1.98. The summed E-state index contributed by atoms with van der Waals surface area (Å²) >= 11 is 0. The maximum Gasteiger partial charge on any atom is 0.0540 e. The van der Waals surface area contributed by atoms with Gasteiger partial charge in [0.15, 0.2) is 0 Å². The molecule has 0 atom stereocenters. The number of hydrogen-bond donors (Lipinski definition) is 0. The maximum atomic E-state index is 3.10. The van der Waals surface area contributed by atoms with Crippen LogP contribution in [0.5, 0.6) is 0 Å². The fourth-order valence-corrected chi connectivity index (χ4v) is 2.93. The average Bonchev–Trinajstić information content (AvgIpc) is 2.64. The monoisotopic (exact) mass is 294 g/mol. The molecule has 109 valence electrons. The average molecular weight is 294 g/mol. The summed E-state index contributed by atoms with van der Waals surface area (Å²) in [6, 6.07) is 36.6. The second-order valence-corrected chi connectivity index (χ2v) is 5.43. The van der Waals surface area contributed by atoms with E-state index < -0.39 is 0 Å². The van der Waals surface area contributed by atoms with Crippen LogP contribution in [0.25, 0.3) is 10.8 Å². The molecule has 0 fully saturated rings. The largest absolute Gasteiger partial charge is 0.310 e. The molecule has 0 unspecified atom stereocenters. The van der Waals surface area contributed by atoms with Crippen LogP contribution >= 0.6 is 0 Å². The van der Waals surface area contributed by atoms with Gasteiger partial charge in [-0.3, -0.25) is 0 Å². The van der Waals surface area contributed by atoms with Crippen molar-refractivity contribution in [1.29, 1.82) is 0 Å². The molecule has 1 nitrogen and oxygen atoms in total. The van der Waals surface area contributed by atoms with Gasteiger partial charge >= 0.3 is 0 Å². The van der Waals surface area contributed by atoms with Gasteiger partial charge in [-0.15, -0.1) is 0 Å². The van der Waals surface area contributed by atoms with Crippen molar-refractivity contribution in [3.8, 4) is 0 Å². The fourth-order valence-electron chi connectivity index (χ4n) is 2.93. The van der Waals surface area contributed by atoms with E-state index in [1.165, 1.54) is 16.5 Å². The van der Waals surface area contributed by atoms with E-state index in [1.807, 2.05) is 18.2 Å². The van der Waals surface area contributed by atoms with Crippen molar-refractivity contribution < 1.29 is 0 Å². The number of rotatable bonds is 3. The van der Waals surface area contributed by atoms with Gasteiger partial charge < -0.3 is 4.90 Å². The predicted octanol–water partition coefficient (Wildman–Crippen LogP) is 6.11. The minimum absolute atomic E-state index is 1.13. The zero-order valence-electron chi connectivity index (χ0n) is 12.7. The molecule has 4 rings (SSSR count). The van der Waals surface area contributed by atoms with Gasteiger partial charge in [0, 0.05) is 16.8 Å². The van der Waals surface area contributed by atoms with Crippen LogP contribution < -0.4 is 4.90 Å². The second-order valence-electron chi connectivity index (χ2n) is 5.43. The van der Waals surface area contributed by atoms with Crippen molar-refractivity contribution in [3.63, 3.8) is 0 Å². The van der Waals surface area contributed by atoms with Gasteiger partial charge in [-0.1, -0.05) is 66.7 Å². The molecular weight excluding hydrogens is 278 g/mol. The number of hydrogen-bond acceptors (Lipinski definition) is 1. The van der Waals surface area contributed by atoms with E-state index in [0.717, 1.165) is 11.4 Å². The lowest BCUT2D eigenvalue weighted by Crippen LogP contribution is -2.10. The molecule has 4 aromatic carbocycles. The summed E-state index contributed by atoms with van der Waals surface area (Å²) in [6.45, 7) is 0. The lowest BCUT2D eigenvalue weighted by molar-refractivity contribution is 1.30. The summed E-state index contributed by atoms with van der Waals surface area (Å²) in [7, 11) is 0. The van der Waals surface area contributed by atoms with E-state index in [9.17, 15) is 0 Å². The van der Waals surface area contributed by atoms with Crippen LogP contribution in [0, 0.1) is 6.07 Å². The highest BCUT2D eigenvalue weighted by molar-refractivity contribution is 5.98. The summed E-state index contributed by atoms with van der Waals surface area (Å²) in [5.74, 6) is 0. The van der Waals surface area contributed by atoms with Gasteiger partial charge in [-0.25, -0.2) is 0 Å². The van der Waals surface area contributed by atoms with Gasteiger partial charge in [0.25, 0.3) is 0 Å². The third-order valence-corrected chi connectivity index (χ3v) is 3.98. The first-order valence-electron chi connectivity index (χ1n) is 7.72. The SMILES string of the molecule is [c]1ccc(N(c2ccccc2)c2cccc3ccccc23)cc1. The Kier molecular flexibility index (Phi) is 3.53. The third kappa shape index (κ3) is 2.58. The highest BCUT2D eigenvalue weighted by atomic mass is 15.1. The van der Waals surface area contributed by atoms with Crippen LogP contribution in [0.4, 0.5) is 17.1 Å². The summed E-state index contributed by atoms with van der Waals surface area (Å²) in [4.78, 5) is 2.29. The van der Waals surface area contributed by atoms with E-state index >= 15 is 0 Å². The Bertz CT molecular complexity index is 869. The number of fused-ring (bicyclic) bond motifs is 1. The van der Waals surface area contributed by atoms with Crippen LogP contribution in [0.1, 0.15) is 0 Å². The first-order valence-corrected chi connectivity index (χ1v) is 7.72. The quantitative estimate of drug-likeness (QED) is 0.440.